The lowest BCUT2D eigenvalue weighted by atomic mass is 9.99. The zero-order chi connectivity index (χ0) is 13.6. The summed E-state index contributed by atoms with van der Waals surface area (Å²) < 4.78 is 5.31. The Morgan fingerprint density at radius 3 is 2.56 bits per heavy atom. The van der Waals surface area contributed by atoms with Crippen molar-refractivity contribution in [3.63, 3.8) is 0 Å². The van der Waals surface area contributed by atoms with Crippen LogP contribution in [0, 0.1) is 0 Å². The number of nitrogens with zero attached hydrogens (tertiary/aromatic N) is 1. The number of likely N-dealkylation sites (tertiary alicyclic amines) is 1. The van der Waals surface area contributed by atoms with E-state index in [1.807, 2.05) is 13.8 Å². The molecule has 1 saturated heterocycles. The third kappa shape index (κ3) is 3.93. The highest BCUT2D eigenvalue weighted by Gasteiger charge is 2.33. The minimum Gasteiger partial charge on any atom is -0.369 e. The highest BCUT2D eigenvalue weighted by Crippen LogP contribution is 2.16. The molecule has 1 aliphatic rings. The number of hydrogen-bond acceptors (Lipinski definition) is 4. The third-order valence-electron chi connectivity index (χ3n) is 3.97. The molecule has 5 heteroatoms. The Morgan fingerprint density at radius 2 is 2.11 bits per heavy atom. The number of nitrogens with two attached hydrogens (primary N) is 1. The molecule has 18 heavy (non-hydrogen) atoms. The van der Waals surface area contributed by atoms with Gasteiger partial charge in [0.25, 0.3) is 5.91 Å². The second-order valence-electron chi connectivity index (χ2n) is 5.17. The Hall–Kier alpha value is -0.650. The highest BCUT2D eigenvalue weighted by molar-refractivity contribution is 5.84. The first-order valence-corrected chi connectivity index (χ1v) is 6.84. The predicted molar refractivity (Wildman–Crippen MR) is 72.4 cm³/mol. The van der Waals surface area contributed by atoms with Crippen LogP contribution in [-0.2, 0) is 9.53 Å². The Morgan fingerprint density at radius 1 is 1.50 bits per heavy atom. The van der Waals surface area contributed by atoms with Crippen LogP contribution in [-0.4, -0.2) is 55.7 Å². The second kappa shape index (κ2) is 7.07. The Bertz CT molecular complexity index is 259. The molecule has 1 heterocycles. The number of nitrogens with one attached hydrogen (secondary N) is 1. The van der Waals surface area contributed by atoms with Crippen molar-refractivity contribution in [2.75, 3.05) is 33.3 Å². The van der Waals surface area contributed by atoms with Gasteiger partial charge in [0.05, 0.1) is 0 Å². The van der Waals surface area contributed by atoms with E-state index in [2.05, 4.69) is 10.2 Å². The molecule has 5 nitrogen and oxygen atoms in total. The zero-order valence-electron chi connectivity index (χ0n) is 11.9. The molecular formula is C13H27N3O2. The first-order valence-electron chi connectivity index (χ1n) is 6.84. The van der Waals surface area contributed by atoms with Crippen LogP contribution in [0.15, 0.2) is 0 Å². The monoisotopic (exact) mass is 257 g/mol. The highest BCUT2D eigenvalue weighted by atomic mass is 16.5. The molecule has 1 atom stereocenters. The van der Waals surface area contributed by atoms with Gasteiger partial charge in [0.2, 0.25) is 0 Å². The summed E-state index contributed by atoms with van der Waals surface area (Å²) >= 11 is 0. The van der Waals surface area contributed by atoms with Crippen molar-refractivity contribution in [3.05, 3.63) is 0 Å². The molecule has 0 aromatic carbocycles. The minimum atomic E-state index is -0.700. The summed E-state index contributed by atoms with van der Waals surface area (Å²) in [6, 6.07) is 0.271. The maximum atomic E-state index is 12.1. The lowest BCUT2D eigenvalue weighted by molar-refractivity contribution is -0.142. The number of carbonyl (C=O) groups is 1. The average Bonchev–Trinajstić information content (AvgIpc) is 2.40. The predicted octanol–water partition coefficient (Wildman–Crippen LogP) is 0.341. The van der Waals surface area contributed by atoms with Crippen molar-refractivity contribution in [3.8, 4) is 0 Å². The molecule has 106 valence electrons. The number of carbonyl (C=O) groups excluding carboxylic acids is 1. The van der Waals surface area contributed by atoms with Crippen LogP contribution in [0.25, 0.3) is 0 Å². The third-order valence-corrected chi connectivity index (χ3v) is 3.97. The van der Waals surface area contributed by atoms with Gasteiger partial charge in [-0.15, -0.1) is 0 Å². The van der Waals surface area contributed by atoms with E-state index in [9.17, 15) is 4.79 Å². The minimum absolute atomic E-state index is 0.00442. The van der Waals surface area contributed by atoms with Gasteiger partial charge in [-0.3, -0.25) is 4.79 Å². The summed E-state index contributed by atoms with van der Waals surface area (Å²) in [6.45, 7) is 7.48. The van der Waals surface area contributed by atoms with Crippen molar-refractivity contribution < 1.29 is 9.53 Å². The SMILES string of the molecule is CCC(C)(OC)C(=O)NC1CCN(CCN)CC1. The van der Waals surface area contributed by atoms with E-state index in [4.69, 9.17) is 10.5 Å². The smallest absolute Gasteiger partial charge is 0.252 e. The Kier molecular flexibility index (Phi) is 6.05. The summed E-state index contributed by atoms with van der Waals surface area (Å²) in [5.41, 5.74) is 4.84. The molecule has 1 aliphatic heterocycles. The molecule has 0 radical (unpaired) electrons. The number of methoxy groups -OCH3 is 1. The maximum Gasteiger partial charge on any atom is 0.252 e. The Balaban J connectivity index is 2.39. The van der Waals surface area contributed by atoms with Crippen molar-refractivity contribution in [1.82, 2.24) is 10.2 Å². The van der Waals surface area contributed by atoms with E-state index in [0.717, 1.165) is 32.5 Å². The first-order chi connectivity index (χ1) is 8.55. The largest absolute Gasteiger partial charge is 0.369 e. The van der Waals surface area contributed by atoms with Crippen LogP contribution in [0.4, 0.5) is 0 Å². The fourth-order valence-corrected chi connectivity index (χ4v) is 2.22. The number of ether oxygens (including phenoxy) is 1. The van der Waals surface area contributed by atoms with Crippen molar-refractivity contribution in [2.45, 2.75) is 44.8 Å². The summed E-state index contributed by atoms with van der Waals surface area (Å²) in [6.07, 6.45) is 2.67. The summed E-state index contributed by atoms with van der Waals surface area (Å²) in [7, 11) is 1.59. The quantitative estimate of drug-likeness (QED) is 0.720. The molecule has 0 aromatic rings. The summed E-state index contributed by atoms with van der Waals surface area (Å²) in [5.74, 6) is 0.00442. The number of rotatable bonds is 6. The fraction of sp³-hybridized carbons (Fsp3) is 0.923. The van der Waals surface area contributed by atoms with Crippen LogP contribution >= 0.6 is 0 Å². The van der Waals surface area contributed by atoms with Gasteiger partial charge in [0.15, 0.2) is 0 Å². The van der Waals surface area contributed by atoms with Gasteiger partial charge in [-0.1, -0.05) is 6.92 Å². The number of amides is 1. The molecular weight excluding hydrogens is 230 g/mol. The maximum absolute atomic E-state index is 12.1. The second-order valence-corrected chi connectivity index (χ2v) is 5.17. The standard InChI is InChI=1S/C13H27N3O2/c1-4-13(2,18-3)12(17)15-11-5-8-16(9-6-11)10-7-14/h11H,4-10,14H2,1-3H3,(H,15,17). The van der Waals surface area contributed by atoms with E-state index in [0.29, 0.717) is 13.0 Å². The molecule has 1 unspecified atom stereocenters. The molecule has 0 aromatic heterocycles. The van der Waals surface area contributed by atoms with Crippen LogP contribution in [0.2, 0.25) is 0 Å². The first kappa shape index (κ1) is 15.4. The van der Waals surface area contributed by atoms with Crippen molar-refractivity contribution in [2.24, 2.45) is 5.73 Å². The normalized spacial score (nSPS) is 21.6. The van der Waals surface area contributed by atoms with Gasteiger partial charge in [0, 0.05) is 39.3 Å². The van der Waals surface area contributed by atoms with Gasteiger partial charge < -0.3 is 20.7 Å². The summed E-state index contributed by atoms with van der Waals surface area (Å²) in [5, 5.41) is 3.10. The van der Waals surface area contributed by atoms with Crippen molar-refractivity contribution in [1.29, 1.82) is 0 Å². The van der Waals surface area contributed by atoms with E-state index < -0.39 is 5.60 Å². The number of hydrogen-bond donors (Lipinski definition) is 2. The topological polar surface area (TPSA) is 67.6 Å². The van der Waals surface area contributed by atoms with E-state index in [1.54, 1.807) is 7.11 Å². The molecule has 1 amide bonds. The van der Waals surface area contributed by atoms with E-state index >= 15 is 0 Å². The van der Waals surface area contributed by atoms with Gasteiger partial charge in [0.1, 0.15) is 5.60 Å². The zero-order valence-corrected chi connectivity index (χ0v) is 11.9. The lowest BCUT2D eigenvalue weighted by Crippen LogP contribution is -2.52. The molecule has 3 N–H and O–H groups in total. The molecule has 0 bridgehead atoms. The van der Waals surface area contributed by atoms with Gasteiger partial charge >= 0.3 is 0 Å². The lowest BCUT2D eigenvalue weighted by Gasteiger charge is -2.34. The van der Waals surface area contributed by atoms with Crippen LogP contribution in [0.5, 0.6) is 0 Å². The van der Waals surface area contributed by atoms with Crippen molar-refractivity contribution >= 4 is 5.91 Å². The molecule has 0 saturated carbocycles. The van der Waals surface area contributed by atoms with Gasteiger partial charge in [-0.2, -0.15) is 0 Å². The molecule has 0 aliphatic carbocycles. The van der Waals surface area contributed by atoms with Crippen LogP contribution < -0.4 is 11.1 Å². The average molecular weight is 257 g/mol. The Labute approximate surface area is 110 Å². The number of piperidine rings is 1. The summed E-state index contributed by atoms with van der Waals surface area (Å²) in [4.78, 5) is 14.5. The fourth-order valence-electron chi connectivity index (χ4n) is 2.22. The van der Waals surface area contributed by atoms with Crippen LogP contribution in [0.3, 0.4) is 0 Å². The van der Waals surface area contributed by atoms with E-state index in [-0.39, 0.29) is 11.9 Å². The van der Waals surface area contributed by atoms with Gasteiger partial charge in [-0.25, -0.2) is 0 Å². The van der Waals surface area contributed by atoms with E-state index in [1.165, 1.54) is 0 Å². The molecule has 1 rings (SSSR count). The molecule has 0 spiro atoms. The molecule has 1 fully saturated rings. The van der Waals surface area contributed by atoms with Crippen LogP contribution in [0.1, 0.15) is 33.1 Å². The van der Waals surface area contributed by atoms with Gasteiger partial charge in [-0.05, 0) is 26.2 Å².